The van der Waals surface area contributed by atoms with Gasteiger partial charge in [-0.25, -0.2) is 15.0 Å². The standard InChI is InChI=1S/C26H26F3N5O/c1-16(18-4-6-20(7-5-18)26(27,28)29)24(35)34-13-10-25(15-34)9-8-19-14-21(17(2)32-22(19)33-25)23-30-11-3-12-31-23/h3-7,11-12,14,16H,8-10,13,15H2,1-2H3,(H,32,33)/t16-,25-/m0/s1. The van der Waals surface area contributed by atoms with E-state index in [4.69, 9.17) is 4.98 Å². The molecule has 9 heteroatoms. The summed E-state index contributed by atoms with van der Waals surface area (Å²) in [6.07, 6.45) is 1.51. The van der Waals surface area contributed by atoms with Crippen molar-refractivity contribution in [1.82, 2.24) is 19.9 Å². The van der Waals surface area contributed by atoms with Crippen LogP contribution in [0.3, 0.4) is 0 Å². The fraction of sp³-hybridized carbons (Fsp3) is 0.385. The lowest BCUT2D eigenvalue weighted by atomic mass is 9.86. The molecule has 1 spiro atoms. The van der Waals surface area contributed by atoms with Crippen molar-refractivity contribution in [2.24, 2.45) is 0 Å². The molecular weight excluding hydrogens is 455 g/mol. The van der Waals surface area contributed by atoms with Gasteiger partial charge in [0.05, 0.1) is 22.7 Å². The molecule has 1 fully saturated rings. The summed E-state index contributed by atoms with van der Waals surface area (Å²) in [5.41, 5.74) is 2.46. The number of nitrogens with zero attached hydrogens (tertiary/aromatic N) is 4. The fourth-order valence-corrected chi connectivity index (χ4v) is 5.04. The Bertz CT molecular complexity index is 1250. The first-order valence-electron chi connectivity index (χ1n) is 11.7. The van der Waals surface area contributed by atoms with Gasteiger partial charge in [-0.15, -0.1) is 0 Å². The molecule has 0 unspecified atom stereocenters. The number of halogens is 3. The monoisotopic (exact) mass is 481 g/mol. The van der Waals surface area contributed by atoms with Gasteiger partial charge in [-0.05, 0) is 68.5 Å². The first-order valence-corrected chi connectivity index (χ1v) is 11.7. The number of fused-ring (bicyclic) bond motifs is 1. The zero-order valence-corrected chi connectivity index (χ0v) is 19.6. The molecule has 4 heterocycles. The smallest absolute Gasteiger partial charge is 0.363 e. The van der Waals surface area contributed by atoms with Gasteiger partial charge in [0.2, 0.25) is 5.91 Å². The highest BCUT2D eigenvalue weighted by atomic mass is 19.4. The predicted molar refractivity (Wildman–Crippen MR) is 126 cm³/mol. The molecule has 1 saturated heterocycles. The molecule has 6 nitrogen and oxygen atoms in total. The molecule has 182 valence electrons. The Balaban J connectivity index is 1.29. The van der Waals surface area contributed by atoms with Crippen LogP contribution in [0, 0.1) is 6.92 Å². The summed E-state index contributed by atoms with van der Waals surface area (Å²) < 4.78 is 38.6. The number of carbonyl (C=O) groups is 1. The van der Waals surface area contributed by atoms with Crippen LogP contribution in [-0.4, -0.2) is 44.4 Å². The van der Waals surface area contributed by atoms with E-state index in [0.29, 0.717) is 24.5 Å². The van der Waals surface area contributed by atoms with E-state index in [9.17, 15) is 18.0 Å². The molecule has 35 heavy (non-hydrogen) atoms. The Morgan fingerprint density at radius 3 is 2.54 bits per heavy atom. The number of anilines is 1. The van der Waals surface area contributed by atoms with Crippen molar-refractivity contribution in [2.45, 2.75) is 50.7 Å². The van der Waals surface area contributed by atoms with Gasteiger partial charge >= 0.3 is 6.18 Å². The number of hydrogen-bond donors (Lipinski definition) is 1. The van der Waals surface area contributed by atoms with E-state index in [2.05, 4.69) is 21.4 Å². The highest BCUT2D eigenvalue weighted by Crippen LogP contribution is 2.39. The Labute approximate surface area is 201 Å². The zero-order valence-electron chi connectivity index (χ0n) is 19.6. The first kappa shape index (κ1) is 23.3. The number of hydrogen-bond acceptors (Lipinski definition) is 5. The van der Waals surface area contributed by atoms with Gasteiger partial charge in [0, 0.05) is 31.0 Å². The number of carbonyl (C=O) groups excluding carboxylic acids is 1. The van der Waals surface area contributed by atoms with E-state index in [0.717, 1.165) is 54.0 Å². The average molecular weight is 482 g/mol. The van der Waals surface area contributed by atoms with E-state index in [1.165, 1.54) is 12.1 Å². The third-order valence-corrected chi connectivity index (χ3v) is 7.13. The molecule has 0 aliphatic carbocycles. The van der Waals surface area contributed by atoms with Crippen LogP contribution in [0.5, 0.6) is 0 Å². The minimum absolute atomic E-state index is 0.0741. The molecule has 2 atom stereocenters. The summed E-state index contributed by atoms with van der Waals surface area (Å²) in [5.74, 6) is 0.890. The lowest BCUT2D eigenvalue weighted by molar-refractivity contribution is -0.137. The molecule has 0 bridgehead atoms. The Hall–Kier alpha value is -3.49. The number of benzene rings is 1. The zero-order chi connectivity index (χ0) is 24.8. The van der Waals surface area contributed by atoms with E-state index < -0.39 is 17.7 Å². The van der Waals surface area contributed by atoms with Crippen LogP contribution in [0.4, 0.5) is 19.0 Å². The fourth-order valence-electron chi connectivity index (χ4n) is 5.04. The second-order valence-electron chi connectivity index (χ2n) is 9.46. The summed E-state index contributed by atoms with van der Waals surface area (Å²) >= 11 is 0. The maximum atomic E-state index is 13.2. The third-order valence-electron chi connectivity index (χ3n) is 7.13. The molecule has 2 aliphatic rings. The summed E-state index contributed by atoms with van der Waals surface area (Å²) in [7, 11) is 0. The second-order valence-corrected chi connectivity index (χ2v) is 9.46. The number of aryl methyl sites for hydroxylation is 2. The van der Waals surface area contributed by atoms with Gasteiger partial charge in [0.25, 0.3) is 0 Å². The van der Waals surface area contributed by atoms with Crippen molar-refractivity contribution in [3.05, 3.63) is 71.2 Å². The molecule has 1 aromatic carbocycles. The molecule has 2 aromatic heterocycles. The van der Waals surface area contributed by atoms with Crippen molar-refractivity contribution < 1.29 is 18.0 Å². The van der Waals surface area contributed by atoms with Gasteiger partial charge in [-0.3, -0.25) is 4.79 Å². The number of aromatic nitrogens is 3. The maximum absolute atomic E-state index is 13.2. The minimum Gasteiger partial charge on any atom is -0.363 e. The largest absolute Gasteiger partial charge is 0.416 e. The second kappa shape index (κ2) is 8.62. The van der Waals surface area contributed by atoms with Crippen molar-refractivity contribution in [3.8, 4) is 11.4 Å². The number of nitrogens with one attached hydrogen (secondary N) is 1. The van der Waals surface area contributed by atoms with Crippen LogP contribution in [0.25, 0.3) is 11.4 Å². The Kier molecular flexibility index (Phi) is 5.73. The molecule has 2 aliphatic heterocycles. The first-order chi connectivity index (χ1) is 16.7. The molecule has 1 N–H and O–H groups in total. The van der Waals surface area contributed by atoms with Gasteiger partial charge in [-0.2, -0.15) is 13.2 Å². The van der Waals surface area contributed by atoms with Crippen molar-refractivity contribution in [2.75, 3.05) is 18.4 Å². The van der Waals surface area contributed by atoms with Crippen LogP contribution >= 0.6 is 0 Å². The van der Waals surface area contributed by atoms with Gasteiger partial charge < -0.3 is 10.2 Å². The Morgan fingerprint density at radius 1 is 1.14 bits per heavy atom. The van der Waals surface area contributed by atoms with Crippen LogP contribution in [0.2, 0.25) is 0 Å². The highest BCUT2D eigenvalue weighted by Gasteiger charge is 2.43. The summed E-state index contributed by atoms with van der Waals surface area (Å²) in [4.78, 5) is 28.5. The van der Waals surface area contributed by atoms with Crippen molar-refractivity contribution >= 4 is 11.7 Å². The minimum atomic E-state index is -4.39. The van der Waals surface area contributed by atoms with Crippen LogP contribution in [-0.2, 0) is 17.4 Å². The van der Waals surface area contributed by atoms with E-state index in [1.54, 1.807) is 25.4 Å². The predicted octanol–water partition coefficient (Wildman–Crippen LogP) is 5.00. The SMILES string of the molecule is Cc1nc2c(cc1-c1ncccn1)CC[C@@]1(CCN(C(=O)[C@@H](C)c3ccc(C(F)(F)F)cc3)C1)N2. The van der Waals surface area contributed by atoms with Crippen LogP contribution in [0.15, 0.2) is 48.8 Å². The van der Waals surface area contributed by atoms with Crippen molar-refractivity contribution in [1.29, 1.82) is 0 Å². The van der Waals surface area contributed by atoms with E-state index >= 15 is 0 Å². The quantitative estimate of drug-likeness (QED) is 0.570. The lowest BCUT2D eigenvalue weighted by Gasteiger charge is -2.36. The number of pyridine rings is 1. The number of amides is 1. The lowest BCUT2D eigenvalue weighted by Crippen LogP contribution is -2.46. The summed E-state index contributed by atoms with van der Waals surface area (Å²) in [6.45, 7) is 4.82. The topological polar surface area (TPSA) is 71.0 Å². The van der Waals surface area contributed by atoms with Gasteiger partial charge in [-0.1, -0.05) is 12.1 Å². The molecule has 3 aromatic rings. The molecular formula is C26H26F3N5O. The number of alkyl halides is 3. The maximum Gasteiger partial charge on any atom is 0.416 e. The third kappa shape index (κ3) is 4.47. The normalized spacial score (nSPS) is 20.4. The number of rotatable bonds is 3. The summed E-state index contributed by atoms with van der Waals surface area (Å²) in [6, 6.07) is 8.74. The highest BCUT2D eigenvalue weighted by molar-refractivity contribution is 5.84. The molecule has 0 radical (unpaired) electrons. The van der Waals surface area contributed by atoms with Crippen molar-refractivity contribution in [3.63, 3.8) is 0 Å². The summed E-state index contributed by atoms with van der Waals surface area (Å²) in [5, 5.41) is 3.61. The molecule has 0 saturated carbocycles. The average Bonchev–Trinajstić information content (AvgIpc) is 3.26. The van der Waals surface area contributed by atoms with Crippen LogP contribution < -0.4 is 5.32 Å². The van der Waals surface area contributed by atoms with Crippen LogP contribution in [0.1, 0.15) is 48.1 Å². The van der Waals surface area contributed by atoms with E-state index in [-0.39, 0.29) is 11.4 Å². The Morgan fingerprint density at radius 2 is 1.86 bits per heavy atom. The molecule has 1 amide bonds. The van der Waals surface area contributed by atoms with Gasteiger partial charge in [0.15, 0.2) is 5.82 Å². The van der Waals surface area contributed by atoms with Gasteiger partial charge in [0.1, 0.15) is 5.82 Å². The molecule has 5 rings (SSSR count). The number of likely N-dealkylation sites (tertiary alicyclic amines) is 1. The van der Waals surface area contributed by atoms with E-state index in [1.807, 2.05) is 11.8 Å².